The second-order valence-corrected chi connectivity index (χ2v) is 7.22. The van der Waals surface area contributed by atoms with Gasteiger partial charge in [-0.15, -0.1) is 0 Å². The minimum absolute atomic E-state index is 0.0397. The van der Waals surface area contributed by atoms with E-state index in [4.69, 9.17) is 13.9 Å². The Morgan fingerprint density at radius 2 is 1.93 bits per heavy atom. The second kappa shape index (κ2) is 7.20. The molecule has 28 heavy (non-hydrogen) atoms. The number of ether oxygens (including phenoxy) is 2. The Bertz CT molecular complexity index is 980. The number of para-hydroxylation sites is 1. The van der Waals surface area contributed by atoms with Gasteiger partial charge in [0.25, 0.3) is 0 Å². The molecule has 2 heterocycles. The van der Waals surface area contributed by atoms with Crippen LogP contribution in [0.5, 0.6) is 11.5 Å². The number of carbonyl (C=O) groups excluding carboxylic acids is 1. The summed E-state index contributed by atoms with van der Waals surface area (Å²) in [5.41, 5.74) is 0.973. The van der Waals surface area contributed by atoms with Crippen molar-refractivity contribution in [2.45, 2.75) is 25.4 Å². The van der Waals surface area contributed by atoms with Crippen LogP contribution in [0, 0.1) is 0 Å². The first kappa shape index (κ1) is 18.4. The second-order valence-electron chi connectivity index (χ2n) is 7.22. The van der Waals surface area contributed by atoms with Crippen LogP contribution in [0.3, 0.4) is 0 Å². The number of likely N-dealkylation sites (tertiary alicyclic amines) is 1. The van der Waals surface area contributed by atoms with Gasteiger partial charge in [-0.1, -0.05) is 18.2 Å². The molecule has 1 unspecified atom stereocenters. The zero-order valence-electron chi connectivity index (χ0n) is 16.3. The third-order valence-electron chi connectivity index (χ3n) is 5.52. The SMILES string of the molecule is COc1ccc(NC(=O)C2(C)CCN2Cc2cc3ccccc3o2)cc1OC. The minimum Gasteiger partial charge on any atom is -0.493 e. The van der Waals surface area contributed by atoms with Gasteiger partial charge in [0, 0.05) is 23.7 Å². The Hall–Kier alpha value is -2.99. The predicted octanol–water partition coefficient (Wildman–Crippen LogP) is 4.05. The number of fused-ring (bicyclic) bond motifs is 1. The van der Waals surface area contributed by atoms with Gasteiger partial charge in [0.1, 0.15) is 11.3 Å². The summed E-state index contributed by atoms with van der Waals surface area (Å²) in [4.78, 5) is 15.1. The maximum atomic E-state index is 13.0. The van der Waals surface area contributed by atoms with Crippen molar-refractivity contribution in [2.75, 3.05) is 26.1 Å². The normalized spacial score (nSPS) is 19.2. The summed E-state index contributed by atoms with van der Waals surface area (Å²) < 4.78 is 16.5. The molecule has 1 aliphatic rings. The fraction of sp³-hybridized carbons (Fsp3) is 0.318. The van der Waals surface area contributed by atoms with Crippen molar-refractivity contribution in [1.82, 2.24) is 4.90 Å². The van der Waals surface area contributed by atoms with E-state index >= 15 is 0 Å². The Morgan fingerprint density at radius 1 is 1.14 bits per heavy atom. The molecule has 1 amide bonds. The Kier molecular flexibility index (Phi) is 4.73. The van der Waals surface area contributed by atoms with Crippen molar-refractivity contribution < 1.29 is 18.7 Å². The molecule has 0 spiro atoms. The molecule has 0 bridgehead atoms. The number of nitrogens with zero attached hydrogens (tertiary/aromatic N) is 1. The average Bonchev–Trinajstić information content (AvgIpc) is 3.13. The number of rotatable bonds is 6. The lowest BCUT2D eigenvalue weighted by molar-refractivity contribution is -0.136. The molecular weight excluding hydrogens is 356 g/mol. The molecule has 2 aromatic carbocycles. The van der Waals surface area contributed by atoms with E-state index in [9.17, 15) is 4.79 Å². The average molecular weight is 380 g/mol. The molecule has 1 aliphatic heterocycles. The molecule has 6 nitrogen and oxygen atoms in total. The lowest BCUT2D eigenvalue weighted by Crippen LogP contribution is -2.63. The van der Waals surface area contributed by atoms with Gasteiger partial charge in [0.05, 0.1) is 26.3 Å². The van der Waals surface area contributed by atoms with Gasteiger partial charge in [-0.3, -0.25) is 9.69 Å². The third-order valence-corrected chi connectivity index (χ3v) is 5.52. The van der Waals surface area contributed by atoms with E-state index in [1.165, 1.54) is 0 Å². The number of methoxy groups -OCH3 is 2. The fourth-order valence-corrected chi connectivity index (χ4v) is 3.60. The first-order valence-corrected chi connectivity index (χ1v) is 9.29. The largest absolute Gasteiger partial charge is 0.493 e. The Balaban J connectivity index is 1.47. The summed E-state index contributed by atoms with van der Waals surface area (Å²) in [6.07, 6.45) is 0.798. The highest BCUT2D eigenvalue weighted by Gasteiger charge is 2.47. The van der Waals surface area contributed by atoms with Gasteiger partial charge < -0.3 is 19.2 Å². The van der Waals surface area contributed by atoms with E-state index < -0.39 is 5.54 Å². The number of benzene rings is 2. The molecule has 146 valence electrons. The van der Waals surface area contributed by atoms with E-state index in [0.717, 1.165) is 29.7 Å². The number of hydrogen-bond donors (Lipinski definition) is 1. The van der Waals surface area contributed by atoms with Gasteiger partial charge >= 0.3 is 0 Å². The van der Waals surface area contributed by atoms with Crippen LogP contribution in [0.1, 0.15) is 19.1 Å². The fourth-order valence-electron chi connectivity index (χ4n) is 3.60. The molecule has 4 rings (SSSR count). The Morgan fingerprint density at radius 3 is 2.61 bits per heavy atom. The molecule has 1 atom stereocenters. The quantitative estimate of drug-likeness (QED) is 0.699. The van der Waals surface area contributed by atoms with Gasteiger partial charge in [0.2, 0.25) is 5.91 Å². The number of nitrogens with one attached hydrogen (secondary N) is 1. The minimum atomic E-state index is -0.577. The van der Waals surface area contributed by atoms with Crippen molar-refractivity contribution in [3.63, 3.8) is 0 Å². The van der Waals surface area contributed by atoms with Crippen molar-refractivity contribution >= 4 is 22.6 Å². The van der Waals surface area contributed by atoms with Crippen molar-refractivity contribution in [2.24, 2.45) is 0 Å². The maximum Gasteiger partial charge on any atom is 0.244 e. The lowest BCUT2D eigenvalue weighted by atomic mass is 9.85. The highest BCUT2D eigenvalue weighted by atomic mass is 16.5. The van der Waals surface area contributed by atoms with Gasteiger partial charge in [-0.25, -0.2) is 0 Å². The lowest BCUT2D eigenvalue weighted by Gasteiger charge is -2.48. The van der Waals surface area contributed by atoms with Crippen LogP contribution in [0.25, 0.3) is 11.0 Å². The summed E-state index contributed by atoms with van der Waals surface area (Å²) in [5, 5.41) is 4.08. The molecule has 3 aromatic rings. The smallest absolute Gasteiger partial charge is 0.244 e. The molecule has 0 saturated carbocycles. The van der Waals surface area contributed by atoms with Gasteiger partial charge in [-0.05, 0) is 37.6 Å². The van der Waals surface area contributed by atoms with E-state index in [-0.39, 0.29) is 5.91 Å². The number of hydrogen-bond acceptors (Lipinski definition) is 5. The zero-order chi connectivity index (χ0) is 19.7. The third kappa shape index (κ3) is 3.20. The van der Waals surface area contributed by atoms with E-state index in [1.807, 2.05) is 43.3 Å². The predicted molar refractivity (Wildman–Crippen MR) is 108 cm³/mol. The zero-order valence-corrected chi connectivity index (χ0v) is 16.3. The van der Waals surface area contributed by atoms with Gasteiger partial charge in [0.15, 0.2) is 11.5 Å². The van der Waals surface area contributed by atoms with E-state index in [2.05, 4.69) is 10.2 Å². The van der Waals surface area contributed by atoms with Crippen LogP contribution >= 0.6 is 0 Å². The summed E-state index contributed by atoms with van der Waals surface area (Å²) in [6.45, 7) is 3.42. The molecule has 0 aliphatic carbocycles. The number of furan rings is 1. The highest BCUT2D eigenvalue weighted by Crippen LogP contribution is 2.35. The van der Waals surface area contributed by atoms with E-state index in [0.29, 0.717) is 23.7 Å². The van der Waals surface area contributed by atoms with Crippen molar-refractivity contribution in [3.05, 3.63) is 54.3 Å². The standard InChI is InChI=1S/C22H24N2O4/c1-22(21(25)23-16-8-9-19(26-2)20(13-16)27-3)10-11-24(22)14-17-12-15-6-4-5-7-18(15)28-17/h4-9,12-13H,10-11,14H2,1-3H3,(H,23,25). The number of amides is 1. The molecular formula is C22H24N2O4. The number of carbonyl (C=O) groups is 1. The van der Waals surface area contributed by atoms with E-state index in [1.54, 1.807) is 26.4 Å². The monoisotopic (exact) mass is 380 g/mol. The van der Waals surface area contributed by atoms with Crippen LogP contribution in [0.4, 0.5) is 5.69 Å². The van der Waals surface area contributed by atoms with Crippen LogP contribution in [-0.4, -0.2) is 37.1 Å². The molecule has 6 heteroatoms. The summed E-state index contributed by atoms with van der Waals surface area (Å²) in [7, 11) is 3.16. The summed E-state index contributed by atoms with van der Waals surface area (Å²) >= 11 is 0. The van der Waals surface area contributed by atoms with Crippen molar-refractivity contribution in [3.8, 4) is 11.5 Å². The van der Waals surface area contributed by atoms with Crippen LogP contribution in [0.15, 0.2) is 52.9 Å². The molecule has 1 saturated heterocycles. The Labute approximate surface area is 164 Å². The molecule has 1 N–H and O–H groups in total. The topological polar surface area (TPSA) is 63.9 Å². The molecule has 1 fully saturated rings. The summed E-state index contributed by atoms with van der Waals surface area (Å²) in [6, 6.07) is 15.3. The molecule has 0 radical (unpaired) electrons. The summed E-state index contributed by atoms with van der Waals surface area (Å²) in [5.74, 6) is 2.04. The first-order chi connectivity index (χ1) is 13.5. The van der Waals surface area contributed by atoms with Crippen LogP contribution in [0.2, 0.25) is 0 Å². The van der Waals surface area contributed by atoms with Crippen LogP contribution < -0.4 is 14.8 Å². The van der Waals surface area contributed by atoms with Crippen molar-refractivity contribution in [1.29, 1.82) is 0 Å². The molecule has 1 aromatic heterocycles. The number of anilines is 1. The first-order valence-electron chi connectivity index (χ1n) is 9.29. The van der Waals surface area contributed by atoms with Crippen LogP contribution in [-0.2, 0) is 11.3 Å². The highest BCUT2D eigenvalue weighted by molar-refractivity contribution is 5.98. The maximum absolute atomic E-state index is 13.0. The van der Waals surface area contributed by atoms with Gasteiger partial charge in [-0.2, -0.15) is 0 Å².